The number of carbonyl (C=O) groups excluding carboxylic acids is 1. The van der Waals surface area contributed by atoms with E-state index in [1.165, 1.54) is 12.1 Å². The molecule has 0 bridgehead atoms. The fraction of sp³-hybridized carbons (Fsp3) is 0.133. The van der Waals surface area contributed by atoms with Crippen LogP contribution < -0.4 is 15.8 Å². The maximum atomic E-state index is 13.6. The van der Waals surface area contributed by atoms with Gasteiger partial charge in [-0.3, -0.25) is 4.79 Å². The molecule has 20 heavy (non-hydrogen) atoms. The minimum Gasteiger partial charge on any atom is -0.482 e. The Balaban J connectivity index is 1.94. The van der Waals surface area contributed by atoms with Crippen molar-refractivity contribution in [3.8, 4) is 5.75 Å². The maximum Gasteiger partial charge on any atom is 0.262 e. The van der Waals surface area contributed by atoms with Crippen molar-refractivity contribution < 1.29 is 13.9 Å². The number of rotatable bonds is 4. The Hall–Kier alpha value is -2.56. The van der Waals surface area contributed by atoms with Crippen molar-refractivity contribution in [3.63, 3.8) is 0 Å². The third-order valence-corrected chi connectivity index (χ3v) is 2.68. The maximum absolute atomic E-state index is 13.6. The van der Waals surface area contributed by atoms with Crippen molar-refractivity contribution in [2.24, 2.45) is 0 Å². The number of para-hydroxylation sites is 2. The van der Waals surface area contributed by atoms with Crippen LogP contribution in [0, 0.1) is 12.7 Å². The first kappa shape index (κ1) is 13.9. The fourth-order valence-corrected chi connectivity index (χ4v) is 1.66. The quantitative estimate of drug-likeness (QED) is 0.842. The summed E-state index contributed by atoms with van der Waals surface area (Å²) < 4.78 is 18.8. The van der Waals surface area contributed by atoms with Gasteiger partial charge < -0.3 is 15.8 Å². The summed E-state index contributed by atoms with van der Waals surface area (Å²) in [6.45, 7) is 1.54. The second-order valence-corrected chi connectivity index (χ2v) is 4.36. The molecule has 3 N–H and O–H groups in total. The van der Waals surface area contributed by atoms with Crippen molar-refractivity contribution in [1.82, 2.24) is 0 Å². The Morgan fingerprint density at radius 2 is 2.05 bits per heavy atom. The molecule has 104 valence electrons. The second kappa shape index (κ2) is 6.06. The van der Waals surface area contributed by atoms with Crippen LogP contribution in [-0.2, 0) is 4.79 Å². The van der Waals surface area contributed by atoms with Gasteiger partial charge in [0.25, 0.3) is 5.91 Å². The van der Waals surface area contributed by atoms with Crippen LogP contribution in [0.3, 0.4) is 0 Å². The molecule has 1 amide bonds. The number of amides is 1. The van der Waals surface area contributed by atoms with E-state index in [2.05, 4.69) is 5.32 Å². The van der Waals surface area contributed by atoms with Crippen molar-refractivity contribution >= 4 is 17.3 Å². The molecular formula is C15H15FN2O2. The number of aryl methyl sites for hydroxylation is 1. The van der Waals surface area contributed by atoms with E-state index in [0.29, 0.717) is 11.4 Å². The molecule has 0 aliphatic rings. The summed E-state index contributed by atoms with van der Waals surface area (Å²) in [6, 6.07) is 11.4. The van der Waals surface area contributed by atoms with Crippen LogP contribution >= 0.6 is 0 Å². The minimum atomic E-state index is -0.474. The topological polar surface area (TPSA) is 64.3 Å². The van der Waals surface area contributed by atoms with E-state index in [-0.39, 0.29) is 12.3 Å². The Morgan fingerprint density at radius 1 is 1.30 bits per heavy atom. The normalized spacial score (nSPS) is 10.1. The number of hydrogen-bond acceptors (Lipinski definition) is 3. The van der Waals surface area contributed by atoms with Crippen molar-refractivity contribution in [3.05, 3.63) is 53.8 Å². The summed E-state index contributed by atoms with van der Waals surface area (Å²) in [5.74, 6) is -0.499. The van der Waals surface area contributed by atoms with Crippen LogP contribution in [0.15, 0.2) is 42.5 Å². The summed E-state index contributed by atoms with van der Waals surface area (Å²) in [5.41, 5.74) is 7.05. The third-order valence-electron chi connectivity index (χ3n) is 2.68. The first-order valence-corrected chi connectivity index (χ1v) is 6.09. The molecule has 0 radical (unpaired) electrons. The highest BCUT2D eigenvalue weighted by atomic mass is 19.1. The van der Waals surface area contributed by atoms with Gasteiger partial charge in [0.15, 0.2) is 6.61 Å². The van der Waals surface area contributed by atoms with Gasteiger partial charge in [-0.05, 0) is 36.8 Å². The van der Waals surface area contributed by atoms with E-state index >= 15 is 0 Å². The fourth-order valence-electron chi connectivity index (χ4n) is 1.66. The van der Waals surface area contributed by atoms with Gasteiger partial charge in [-0.2, -0.15) is 0 Å². The van der Waals surface area contributed by atoms with Crippen LogP contribution in [-0.4, -0.2) is 12.5 Å². The van der Waals surface area contributed by atoms with E-state index in [4.69, 9.17) is 10.5 Å². The molecule has 0 aliphatic heterocycles. The predicted octanol–water partition coefficient (Wildman–Crippen LogP) is 2.73. The summed E-state index contributed by atoms with van der Waals surface area (Å²) in [6.07, 6.45) is 0. The number of benzene rings is 2. The van der Waals surface area contributed by atoms with Gasteiger partial charge in [0.1, 0.15) is 11.6 Å². The average molecular weight is 274 g/mol. The lowest BCUT2D eigenvalue weighted by atomic mass is 10.2. The lowest BCUT2D eigenvalue weighted by Gasteiger charge is -2.10. The molecule has 0 unspecified atom stereocenters. The van der Waals surface area contributed by atoms with E-state index in [1.54, 1.807) is 37.3 Å². The summed E-state index contributed by atoms with van der Waals surface area (Å²) in [7, 11) is 0. The van der Waals surface area contributed by atoms with Gasteiger partial charge in [-0.1, -0.05) is 18.2 Å². The Morgan fingerprint density at radius 3 is 2.75 bits per heavy atom. The van der Waals surface area contributed by atoms with E-state index in [0.717, 1.165) is 5.56 Å². The number of ether oxygens (including phenoxy) is 1. The first-order valence-electron chi connectivity index (χ1n) is 6.09. The van der Waals surface area contributed by atoms with Crippen LogP contribution in [0.1, 0.15) is 5.56 Å². The van der Waals surface area contributed by atoms with Crippen LogP contribution in [0.4, 0.5) is 15.8 Å². The molecule has 0 fully saturated rings. The lowest BCUT2D eigenvalue weighted by molar-refractivity contribution is -0.118. The SMILES string of the molecule is Cc1ccc(NC(=O)COc2ccccc2N)c(F)c1. The number of nitrogens with two attached hydrogens (primary N) is 1. The molecule has 5 heteroatoms. The number of carbonyl (C=O) groups is 1. The lowest BCUT2D eigenvalue weighted by Crippen LogP contribution is -2.21. The van der Waals surface area contributed by atoms with Gasteiger partial charge in [0.05, 0.1) is 11.4 Å². The van der Waals surface area contributed by atoms with E-state index in [9.17, 15) is 9.18 Å². The Bertz CT molecular complexity index is 629. The largest absolute Gasteiger partial charge is 0.482 e. The Kier molecular flexibility index (Phi) is 4.20. The Labute approximate surface area is 116 Å². The zero-order chi connectivity index (χ0) is 14.5. The van der Waals surface area contributed by atoms with Gasteiger partial charge in [-0.25, -0.2) is 4.39 Å². The first-order chi connectivity index (χ1) is 9.56. The van der Waals surface area contributed by atoms with Crippen molar-refractivity contribution in [2.45, 2.75) is 6.92 Å². The summed E-state index contributed by atoms with van der Waals surface area (Å²) >= 11 is 0. The van der Waals surface area contributed by atoms with Crippen molar-refractivity contribution in [1.29, 1.82) is 0 Å². The molecule has 0 saturated carbocycles. The molecule has 0 saturated heterocycles. The number of nitrogen functional groups attached to an aromatic ring is 1. The number of anilines is 2. The van der Waals surface area contributed by atoms with Crippen LogP contribution in [0.2, 0.25) is 0 Å². The molecule has 2 aromatic rings. The molecule has 2 rings (SSSR count). The summed E-state index contributed by atoms with van der Waals surface area (Å²) in [4.78, 5) is 11.7. The molecule has 0 aliphatic carbocycles. The molecule has 0 spiro atoms. The summed E-state index contributed by atoms with van der Waals surface area (Å²) in [5, 5.41) is 2.45. The highest BCUT2D eigenvalue weighted by Crippen LogP contribution is 2.20. The molecular weight excluding hydrogens is 259 g/mol. The molecule has 0 atom stereocenters. The highest BCUT2D eigenvalue weighted by Gasteiger charge is 2.08. The smallest absolute Gasteiger partial charge is 0.262 e. The average Bonchev–Trinajstić information content (AvgIpc) is 2.41. The van der Waals surface area contributed by atoms with E-state index in [1.807, 2.05) is 0 Å². The zero-order valence-electron chi connectivity index (χ0n) is 11.0. The van der Waals surface area contributed by atoms with E-state index < -0.39 is 11.7 Å². The standard InChI is InChI=1S/C15H15FN2O2/c1-10-6-7-13(11(16)8-10)18-15(19)9-20-14-5-3-2-4-12(14)17/h2-8H,9,17H2,1H3,(H,18,19). The van der Waals surface area contributed by atoms with Gasteiger partial charge in [-0.15, -0.1) is 0 Å². The molecule has 0 aromatic heterocycles. The van der Waals surface area contributed by atoms with Gasteiger partial charge >= 0.3 is 0 Å². The monoisotopic (exact) mass is 274 g/mol. The van der Waals surface area contributed by atoms with Gasteiger partial charge in [0.2, 0.25) is 0 Å². The zero-order valence-corrected chi connectivity index (χ0v) is 11.0. The number of hydrogen-bond donors (Lipinski definition) is 2. The molecule has 0 heterocycles. The van der Waals surface area contributed by atoms with Crippen LogP contribution in [0.5, 0.6) is 5.75 Å². The predicted molar refractivity (Wildman–Crippen MR) is 76.1 cm³/mol. The minimum absolute atomic E-state index is 0.130. The highest BCUT2D eigenvalue weighted by molar-refractivity contribution is 5.92. The van der Waals surface area contributed by atoms with Gasteiger partial charge in [0, 0.05) is 0 Å². The van der Waals surface area contributed by atoms with Crippen molar-refractivity contribution in [2.75, 3.05) is 17.7 Å². The number of nitrogens with one attached hydrogen (secondary N) is 1. The molecule has 4 nitrogen and oxygen atoms in total. The number of halogens is 1. The molecule has 2 aromatic carbocycles. The second-order valence-electron chi connectivity index (χ2n) is 4.36. The van der Waals surface area contributed by atoms with Crippen LogP contribution in [0.25, 0.3) is 0 Å². The third kappa shape index (κ3) is 3.47.